The zero-order chi connectivity index (χ0) is 22.3. The summed E-state index contributed by atoms with van der Waals surface area (Å²) >= 11 is 0. The summed E-state index contributed by atoms with van der Waals surface area (Å²) in [6.07, 6.45) is 3.85. The fourth-order valence-corrected chi connectivity index (χ4v) is 3.63. The summed E-state index contributed by atoms with van der Waals surface area (Å²) in [6, 6.07) is 4.21. The molecule has 0 aliphatic carbocycles. The topological polar surface area (TPSA) is 76.4 Å². The van der Waals surface area contributed by atoms with E-state index in [-0.39, 0.29) is 36.1 Å². The maximum atomic E-state index is 5.96. The zero-order valence-electron chi connectivity index (χ0n) is 20.2. The molecule has 7 nitrogen and oxygen atoms in total. The minimum Gasteiger partial charge on any atom is -0.475 e. The molecular weight excluding hydrogens is 503 g/mol. The van der Waals surface area contributed by atoms with Crippen LogP contribution in [0.2, 0.25) is 0 Å². The Labute approximate surface area is 204 Å². The van der Waals surface area contributed by atoms with Gasteiger partial charge in [-0.05, 0) is 63.6 Å². The lowest BCUT2D eigenvalue weighted by atomic mass is 10.1. The Morgan fingerprint density at radius 1 is 1.23 bits per heavy atom. The Morgan fingerprint density at radius 3 is 2.52 bits per heavy atom. The number of guanidine groups is 1. The van der Waals surface area contributed by atoms with Crippen LogP contribution in [0.25, 0.3) is 0 Å². The van der Waals surface area contributed by atoms with Gasteiger partial charge in [0.15, 0.2) is 5.96 Å². The van der Waals surface area contributed by atoms with E-state index in [0.717, 1.165) is 30.1 Å². The van der Waals surface area contributed by atoms with Crippen LogP contribution in [0.5, 0.6) is 5.88 Å². The van der Waals surface area contributed by atoms with Gasteiger partial charge in [-0.15, -0.1) is 24.0 Å². The molecule has 0 saturated heterocycles. The molecule has 2 unspecified atom stereocenters. The first kappa shape index (κ1) is 27.2. The standard InChI is InChI=1S/C23H38N6O.HI/c1-15(2)11-17(4)30-22-13-20(9-10-25-22)14-26-23(24-7)27-16(3)12-21-18(5)28-29(8)19(21)6;/h9-10,13,15-17H,11-12,14H2,1-8H3,(H2,24,26,27);1H. The van der Waals surface area contributed by atoms with Gasteiger partial charge in [0.05, 0.1) is 11.8 Å². The predicted octanol–water partition coefficient (Wildman–Crippen LogP) is 4.16. The van der Waals surface area contributed by atoms with Crippen molar-refractivity contribution >= 4 is 29.9 Å². The first-order chi connectivity index (χ1) is 14.2. The van der Waals surface area contributed by atoms with Gasteiger partial charge in [0, 0.05) is 44.6 Å². The summed E-state index contributed by atoms with van der Waals surface area (Å²) in [4.78, 5) is 8.71. The van der Waals surface area contributed by atoms with Crippen molar-refractivity contribution in [3.63, 3.8) is 0 Å². The molecule has 0 spiro atoms. The highest BCUT2D eigenvalue weighted by Gasteiger charge is 2.14. The largest absolute Gasteiger partial charge is 0.475 e. The van der Waals surface area contributed by atoms with Gasteiger partial charge in [-0.1, -0.05) is 13.8 Å². The van der Waals surface area contributed by atoms with Crippen LogP contribution in [0.4, 0.5) is 0 Å². The minimum absolute atomic E-state index is 0. The van der Waals surface area contributed by atoms with Crippen molar-refractivity contribution in [3.05, 3.63) is 40.8 Å². The van der Waals surface area contributed by atoms with Crippen molar-refractivity contribution in [1.82, 2.24) is 25.4 Å². The lowest BCUT2D eigenvalue weighted by Crippen LogP contribution is -2.42. The summed E-state index contributed by atoms with van der Waals surface area (Å²) in [6.45, 7) is 13.5. The number of aryl methyl sites for hydroxylation is 2. The number of pyridine rings is 1. The van der Waals surface area contributed by atoms with Crippen molar-refractivity contribution in [1.29, 1.82) is 0 Å². The molecule has 0 amide bonds. The molecule has 0 saturated carbocycles. The van der Waals surface area contributed by atoms with E-state index in [2.05, 4.69) is 67.3 Å². The Morgan fingerprint density at radius 2 is 1.94 bits per heavy atom. The highest BCUT2D eigenvalue weighted by Crippen LogP contribution is 2.15. The fourth-order valence-electron chi connectivity index (χ4n) is 3.63. The van der Waals surface area contributed by atoms with Gasteiger partial charge in [0.25, 0.3) is 0 Å². The molecular formula is C23H39IN6O. The first-order valence-corrected chi connectivity index (χ1v) is 10.8. The van der Waals surface area contributed by atoms with E-state index in [1.807, 2.05) is 23.9 Å². The number of rotatable bonds is 9. The molecule has 0 aliphatic rings. The van der Waals surface area contributed by atoms with Crippen LogP contribution in [0.15, 0.2) is 23.3 Å². The SMILES string of the molecule is CN=C(NCc1ccnc(OC(C)CC(C)C)c1)NC(C)Cc1c(C)nn(C)c1C.I. The molecule has 0 radical (unpaired) electrons. The molecule has 0 fully saturated rings. The second-order valence-electron chi connectivity index (χ2n) is 8.51. The fraction of sp³-hybridized carbons (Fsp3) is 0.609. The second-order valence-corrected chi connectivity index (χ2v) is 8.51. The van der Waals surface area contributed by atoms with E-state index in [1.165, 1.54) is 11.3 Å². The van der Waals surface area contributed by atoms with Gasteiger partial charge < -0.3 is 15.4 Å². The highest BCUT2D eigenvalue weighted by atomic mass is 127. The molecule has 31 heavy (non-hydrogen) atoms. The van der Waals surface area contributed by atoms with Gasteiger partial charge >= 0.3 is 0 Å². The van der Waals surface area contributed by atoms with E-state index in [1.54, 1.807) is 13.2 Å². The quantitative estimate of drug-likeness (QED) is 0.283. The number of ether oxygens (including phenoxy) is 1. The van der Waals surface area contributed by atoms with Crippen LogP contribution in [-0.2, 0) is 20.0 Å². The van der Waals surface area contributed by atoms with Crippen molar-refractivity contribution in [3.8, 4) is 5.88 Å². The zero-order valence-corrected chi connectivity index (χ0v) is 22.5. The molecule has 2 atom stereocenters. The number of nitrogens with one attached hydrogen (secondary N) is 2. The monoisotopic (exact) mass is 542 g/mol. The van der Waals surface area contributed by atoms with Crippen LogP contribution < -0.4 is 15.4 Å². The van der Waals surface area contributed by atoms with E-state index in [0.29, 0.717) is 18.3 Å². The summed E-state index contributed by atoms with van der Waals surface area (Å²) in [5.41, 5.74) is 4.69. The van der Waals surface area contributed by atoms with Crippen LogP contribution >= 0.6 is 24.0 Å². The third kappa shape index (κ3) is 8.66. The van der Waals surface area contributed by atoms with Crippen LogP contribution in [0.1, 0.15) is 56.6 Å². The summed E-state index contributed by atoms with van der Waals surface area (Å²) < 4.78 is 7.90. The molecule has 0 bridgehead atoms. The third-order valence-corrected chi connectivity index (χ3v) is 5.16. The molecule has 2 heterocycles. The van der Waals surface area contributed by atoms with Crippen molar-refractivity contribution < 1.29 is 4.74 Å². The van der Waals surface area contributed by atoms with Crippen molar-refractivity contribution in [2.24, 2.45) is 18.0 Å². The molecule has 2 aromatic rings. The average Bonchev–Trinajstić information content (AvgIpc) is 2.90. The number of aliphatic imine (C=N–C) groups is 1. The van der Waals surface area contributed by atoms with Gasteiger partial charge in [-0.25, -0.2) is 4.98 Å². The number of hydrogen-bond acceptors (Lipinski definition) is 4. The molecule has 0 aliphatic heterocycles. The Kier molecular flexibility index (Phi) is 11.3. The first-order valence-electron chi connectivity index (χ1n) is 10.8. The smallest absolute Gasteiger partial charge is 0.213 e. The maximum absolute atomic E-state index is 5.96. The van der Waals surface area contributed by atoms with Crippen LogP contribution in [-0.4, -0.2) is 39.9 Å². The van der Waals surface area contributed by atoms with Crippen molar-refractivity contribution in [2.45, 2.75) is 73.1 Å². The number of nitrogens with zero attached hydrogens (tertiary/aromatic N) is 4. The lowest BCUT2D eigenvalue weighted by molar-refractivity contribution is 0.185. The summed E-state index contributed by atoms with van der Waals surface area (Å²) in [5.74, 6) is 2.04. The maximum Gasteiger partial charge on any atom is 0.213 e. The summed E-state index contributed by atoms with van der Waals surface area (Å²) in [5, 5.41) is 11.4. The summed E-state index contributed by atoms with van der Waals surface area (Å²) in [7, 11) is 3.78. The van der Waals surface area contributed by atoms with E-state index < -0.39 is 0 Å². The van der Waals surface area contributed by atoms with E-state index in [4.69, 9.17) is 4.74 Å². The average molecular weight is 543 g/mol. The molecule has 174 valence electrons. The van der Waals surface area contributed by atoms with E-state index in [9.17, 15) is 0 Å². The third-order valence-electron chi connectivity index (χ3n) is 5.16. The molecule has 2 N–H and O–H groups in total. The Balaban J connectivity index is 0.00000480. The van der Waals surface area contributed by atoms with Gasteiger partial charge in [0.2, 0.25) is 5.88 Å². The molecule has 0 aromatic carbocycles. The number of aromatic nitrogens is 3. The number of halogens is 1. The Bertz CT molecular complexity index is 849. The molecule has 2 aromatic heterocycles. The van der Waals surface area contributed by atoms with Gasteiger partial charge in [0.1, 0.15) is 0 Å². The highest BCUT2D eigenvalue weighted by molar-refractivity contribution is 14.0. The molecule has 2 rings (SSSR count). The Hall–Kier alpha value is -1.84. The van der Waals surface area contributed by atoms with Crippen LogP contribution in [0, 0.1) is 19.8 Å². The van der Waals surface area contributed by atoms with Gasteiger partial charge in [-0.2, -0.15) is 5.10 Å². The lowest BCUT2D eigenvalue weighted by Gasteiger charge is -2.19. The predicted molar refractivity (Wildman–Crippen MR) is 138 cm³/mol. The normalized spacial score (nSPS) is 13.5. The molecule has 8 heteroatoms. The van der Waals surface area contributed by atoms with E-state index >= 15 is 0 Å². The van der Waals surface area contributed by atoms with Gasteiger partial charge in [-0.3, -0.25) is 9.67 Å². The van der Waals surface area contributed by atoms with Crippen molar-refractivity contribution in [2.75, 3.05) is 7.05 Å². The van der Waals surface area contributed by atoms with Crippen LogP contribution in [0.3, 0.4) is 0 Å². The second kappa shape index (κ2) is 12.9. The number of hydrogen-bond donors (Lipinski definition) is 2. The minimum atomic E-state index is 0.